The van der Waals surface area contributed by atoms with Gasteiger partial charge in [0.1, 0.15) is 6.10 Å². The van der Waals surface area contributed by atoms with Gasteiger partial charge in [0.15, 0.2) is 6.29 Å². The molecule has 1 heterocycles. The first-order valence-electron chi connectivity index (χ1n) is 6.10. The third-order valence-electron chi connectivity index (χ3n) is 4.05. The van der Waals surface area contributed by atoms with Gasteiger partial charge in [-0.2, -0.15) is 0 Å². The summed E-state index contributed by atoms with van der Waals surface area (Å²) >= 11 is 0. The quantitative estimate of drug-likeness (QED) is 0.525. The van der Waals surface area contributed by atoms with E-state index in [1.807, 2.05) is 0 Å². The smallest absolute Gasteiger partial charge is 0.186 e. The second-order valence-electron chi connectivity index (χ2n) is 5.47. The molecule has 0 radical (unpaired) electrons. The number of ether oxygens (including phenoxy) is 2. The number of hydrogen-bond donors (Lipinski definition) is 4. The van der Waals surface area contributed by atoms with Crippen LogP contribution in [-0.4, -0.2) is 64.8 Å². The van der Waals surface area contributed by atoms with Crippen LogP contribution in [0, 0.1) is 11.3 Å². The lowest BCUT2D eigenvalue weighted by atomic mass is 9.67. The lowest BCUT2D eigenvalue weighted by molar-refractivity contribution is -0.300. The first-order chi connectivity index (χ1) is 8.27. The van der Waals surface area contributed by atoms with Crippen molar-refractivity contribution >= 4 is 0 Å². The molecule has 0 aliphatic carbocycles. The zero-order chi connectivity index (χ0) is 14.1. The summed E-state index contributed by atoms with van der Waals surface area (Å²) in [6, 6.07) is 0. The molecule has 6 nitrogen and oxygen atoms in total. The second kappa shape index (κ2) is 5.81. The molecule has 5 unspecified atom stereocenters. The number of methoxy groups -OCH3 is 1. The maximum absolute atomic E-state index is 10.2. The molecule has 0 amide bonds. The van der Waals surface area contributed by atoms with E-state index in [1.54, 1.807) is 20.8 Å². The third-order valence-corrected chi connectivity index (χ3v) is 4.05. The first-order valence-corrected chi connectivity index (χ1v) is 6.10. The van der Waals surface area contributed by atoms with E-state index < -0.39 is 42.0 Å². The molecular weight excluding hydrogens is 240 g/mol. The Balaban J connectivity index is 3.01. The van der Waals surface area contributed by atoms with E-state index in [2.05, 4.69) is 0 Å². The van der Waals surface area contributed by atoms with Gasteiger partial charge in [0.2, 0.25) is 0 Å². The van der Waals surface area contributed by atoms with E-state index in [4.69, 9.17) is 9.47 Å². The summed E-state index contributed by atoms with van der Waals surface area (Å²) in [6.07, 6.45) is -4.73. The van der Waals surface area contributed by atoms with Crippen LogP contribution < -0.4 is 0 Å². The zero-order valence-electron chi connectivity index (χ0n) is 11.3. The molecule has 0 saturated carbocycles. The van der Waals surface area contributed by atoms with Gasteiger partial charge >= 0.3 is 0 Å². The van der Waals surface area contributed by atoms with Gasteiger partial charge in [-0.05, 0) is 12.3 Å². The van der Waals surface area contributed by atoms with Gasteiger partial charge in [-0.15, -0.1) is 0 Å². The fourth-order valence-electron chi connectivity index (χ4n) is 2.48. The normalized spacial score (nSPS) is 39.7. The van der Waals surface area contributed by atoms with Crippen molar-refractivity contribution in [1.29, 1.82) is 0 Å². The predicted octanol–water partition coefficient (Wildman–Crippen LogP) is -0.905. The lowest BCUT2D eigenvalue weighted by Crippen LogP contribution is -2.61. The van der Waals surface area contributed by atoms with Crippen molar-refractivity contribution in [1.82, 2.24) is 0 Å². The molecule has 0 spiro atoms. The van der Waals surface area contributed by atoms with Crippen molar-refractivity contribution < 1.29 is 29.9 Å². The van der Waals surface area contributed by atoms with Crippen LogP contribution in [0.1, 0.15) is 20.8 Å². The summed E-state index contributed by atoms with van der Waals surface area (Å²) < 4.78 is 10.3. The van der Waals surface area contributed by atoms with Crippen molar-refractivity contribution in [3.8, 4) is 0 Å². The second-order valence-corrected chi connectivity index (χ2v) is 5.47. The van der Waals surface area contributed by atoms with Gasteiger partial charge in [0, 0.05) is 13.0 Å². The Morgan fingerprint density at radius 3 is 2.22 bits per heavy atom. The van der Waals surface area contributed by atoms with E-state index in [1.165, 1.54) is 7.11 Å². The summed E-state index contributed by atoms with van der Waals surface area (Å²) in [7, 11) is 1.36. The van der Waals surface area contributed by atoms with Crippen molar-refractivity contribution in [3.05, 3.63) is 0 Å². The summed E-state index contributed by atoms with van der Waals surface area (Å²) in [5.41, 5.74) is -0.716. The standard InChI is InChI=1S/C12H24O6/c1-6(14)12(2,3)8-7(5-13)18-11(17-4)10(16)9(8)15/h6-11,13-16H,5H2,1-4H3/t6-,7?,8?,9?,10?,11?/m0/s1. The highest BCUT2D eigenvalue weighted by Gasteiger charge is 2.52. The minimum absolute atomic E-state index is 0.315. The van der Waals surface area contributed by atoms with Crippen LogP contribution in [0.5, 0.6) is 0 Å². The predicted molar refractivity (Wildman–Crippen MR) is 63.7 cm³/mol. The first kappa shape index (κ1) is 15.8. The van der Waals surface area contributed by atoms with Crippen LogP contribution in [0.2, 0.25) is 0 Å². The highest BCUT2D eigenvalue weighted by atomic mass is 16.7. The molecule has 0 bridgehead atoms. The van der Waals surface area contributed by atoms with E-state index in [0.717, 1.165) is 0 Å². The van der Waals surface area contributed by atoms with Gasteiger partial charge < -0.3 is 29.9 Å². The third kappa shape index (κ3) is 2.68. The molecule has 6 atom stereocenters. The van der Waals surface area contributed by atoms with E-state index >= 15 is 0 Å². The lowest BCUT2D eigenvalue weighted by Gasteiger charge is -2.49. The van der Waals surface area contributed by atoms with Gasteiger partial charge in [0.25, 0.3) is 0 Å². The molecule has 1 rings (SSSR count). The SMILES string of the molecule is COC1OC(CO)C(C(C)(C)[C@H](C)O)C(O)C1O. The molecule has 108 valence electrons. The number of hydrogen-bond acceptors (Lipinski definition) is 6. The van der Waals surface area contributed by atoms with Crippen LogP contribution in [-0.2, 0) is 9.47 Å². The highest BCUT2D eigenvalue weighted by molar-refractivity contribution is 4.98. The molecule has 1 fully saturated rings. The molecule has 18 heavy (non-hydrogen) atoms. The number of rotatable bonds is 4. The van der Waals surface area contributed by atoms with Crippen LogP contribution >= 0.6 is 0 Å². The van der Waals surface area contributed by atoms with Crippen LogP contribution in [0.15, 0.2) is 0 Å². The van der Waals surface area contributed by atoms with E-state index in [-0.39, 0.29) is 6.61 Å². The van der Waals surface area contributed by atoms with E-state index in [9.17, 15) is 20.4 Å². The molecular formula is C12H24O6. The maximum Gasteiger partial charge on any atom is 0.186 e. The molecule has 1 aliphatic heterocycles. The molecule has 0 aromatic heterocycles. The Hall–Kier alpha value is -0.240. The minimum Gasteiger partial charge on any atom is -0.394 e. The monoisotopic (exact) mass is 264 g/mol. The van der Waals surface area contributed by atoms with Crippen LogP contribution in [0.3, 0.4) is 0 Å². The Kier molecular flexibility index (Phi) is 5.11. The van der Waals surface area contributed by atoms with Gasteiger partial charge in [0.05, 0.1) is 24.9 Å². The average Bonchev–Trinajstić information content (AvgIpc) is 2.31. The molecule has 4 N–H and O–H groups in total. The van der Waals surface area contributed by atoms with Gasteiger partial charge in [-0.1, -0.05) is 13.8 Å². The summed E-state index contributed by atoms with van der Waals surface area (Å²) in [5, 5.41) is 39.3. The minimum atomic E-state index is -1.21. The zero-order valence-corrected chi connectivity index (χ0v) is 11.3. The highest BCUT2D eigenvalue weighted by Crippen LogP contribution is 2.41. The van der Waals surface area contributed by atoms with Crippen molar-refractivity contribution in [3.63, 3.8) is 0 Å². The number of aliphatic hydroxyl groups excluding tert-OH is 4. The van der Waals surface area contributed by atoms with Crippen LogP contribution in [0.25, 0.3) is 0 Å². The Morgan fingerprint density at radius 2 is 1.83 bits per heavy atom. The largest absolute Gasteiger partial charge is 0.394 e. The maximum atomic E-state index is 10.2. The fraction of sp³-hybridized carbons (Fsp3) is 1.00. The summed E-state index contributed by atoms with van der Waals surface area (Å²) in [5.74, 6) is -0.594. The average molecular weight is 264 g/mol. The van der Waals surface area contributed by atoms with E-state index in [0.29, 0.717) is 0 Å². The van der Waals surface area contributed by atoms with Crippen molar-refractivity contribution in [2.75, 3.05) is 13.7 Å². The van der Waals surface area contributed by atoms with Crippen molar-refractivity contribution in [2.24, 2.45) is 11.3 Å². The molecule has 0 aromatic rings. The van der Waals surface area contributed by atoms with Gasteiger partial charge in [-0.3, -0.25) is 0 Å². The molecule has 1 saturated heterocycles. The molecule has 6 heteroatoms. The Bertz CT molecular complexity index is 265. The Morgan fingerprint density at radius 1 is 1.28 bits per heavy atom. The fourth-order valence-corrected chi connectivity index (χ4v) is 2.48. The van der Waals surface area contributed by atoms with Crippen LogP contribution in [0.4, 0.5) is 0 Å². The number of aliphatic hydroxyl groups is 4. The molecule has 1 aliphatic rings. The molecule has 0 aromatic carbocycles. The van der Waals surface area contributed by atoms with Crippen molar-refractivity contribution in [2.45, 2.75) is 51.5 Å². The Labute approximate surface area is 107 Å². The summed E-state index contributed by atoms with van der Waals surface area (Å²) in [4.78, 5) is 0. The topological polar surface area (TPSA) is 99.4 Å². The summed E-state index contributed by atoms with van der Waals surface area (Å²) in [6.45, 7) is 4.81. The van der Waals surface area contributed by atoms with Gasteiger partial charge in [-0.25, -0.2) is 0 Å².